The molecule has 0 spiro atoms. The minimum atomic E-state index is 0.669. The molecular formula is C17H11N3O. The van der Waals surface area contributed by atoms with Gasteiger partial charge in [-0.1, -0.05) is 30.3 Å². The standard InChI is InChI=1S/C17H11N3O/c1-2-6-12(7-3-1)17-19-13-8-4-10-18-15(13)16(20-17)14-9-5-11-21-14/h1-11H. The lowest BCUT2D eigenvalue weighted by atomic mass is 10.2. The average molecular weight is 273 g/mol. The molecule has 4 nitrogen and oxygen atoms in total. The number of benzene rings is 1. The Morgan fingerprint density at radius 2 is 1.71 bits per heavy atom. The van der Waals surface area contributed by atoms with Gasteiger partial charge in [-0.15, -0.1) is 0 Å². The van der Waals surface area contributed by atoms with Gasteiger partial charge in [-0.25, -0.2) is 9.97 Å². The molecule has 4 heteroatoms. The van der Waals surface area contributed by atoms with Crippen LogP contribution < -0.4 is 0 Å². The van der Waals surface area contributed by atoms with Crippen molar-refractivity contribution in [2.24, 2.45) is 0 Å². The minimum absolute atomic E-state index is 0.669. The fourth-order valence-electron chi connectivity index (χ4n) is 2.27. The molecule has 3 aromatic heterocycles. The predicted molar refractivity (Wildman–Crippen MR) is 80.5 cm³/mol. The van der Waals surface area contributed by atoms with Crippen LogP contribution in [0.1, 0.15) is 0 Å². The van der Waals surface area contributed by atoms with E-state index in [1.807, 2.05) is 54.6 Å². The predicted octanol–water partition coefficient (Wildman–Crippen LogP) is 3.95. The van der Waals surface area contributed by atoms with E-state index in [0.29, 0.717) is 17.3 Å². The maximum atomic E-state index is 5.49. The third-order valence-corrected chi connectivity index (χ3v) is 3.24. The van der Waals surface area contributed by atoms with E-state index in [0.717, 1.165) is 16.6 Å². The van der Waals surface area contributed by atoms with Gasteiger partial charge in [0, 0.05) is 11.8 Å². The van der Waals surface area contributed by atoms with Crippen molar-refractivity contribution in [3.05, 3.63) is 67.1 Å². The first-order chi connectivity index (χ1) is 10.4. The fraction of sp³-hybridized carbons (Fsp3) is 0. The van der Waals surface area contributed by atoms with Gasteiger partial charge in [-0.2, -0.15) is 0 Å². The first kappa shape index (κ1) is 11.8. The van der Waals surface area contributed by atoms with Gasteiger partial charge in [0.15, 0.2) is 11.6 Å². The Labute approximate surface area is 121 Å². The van der Waals surface area contributed by atoms with E-state index in [1.165, 1.54) is 0 Å². The van der Waals surface area contributed by atoms with Crippen LogP contribution >= 0.6 is 0 Å². The Morgan fingerprint density at radius 1 is 0.810 bits per heavy atom. The van der Waals surface area contributed by atoms with E-state index in [4.69, 9.17) is 4.42 Å². The number of furan rings is 1. The minimum Gasteiger partial charge on any atom is -0.463 e. The van der Waals surface area contributed by atoms with E-state index in [9.17, 15) is 0 Å². The number of hydrogen-bond acceptors (Lipinski definition) is 4. The van der Waals surface area contributed by atoms with E-state index >= 15 is 0 Å². The van der Waals surface area contributed by atoms with Crippen molar-refractivity contribution in [3.63, 3.8) is 0 Å². The summed E-state index contributed by atoms with van der Waals surface area (Å²) >= 11 is 0. The van der Waals surface area contributed by atoms with E-state index in [1.54, 1.807) is 12.5 Å². The van der Waals surface area contributed by atoms with Crippen LogP contribution in [0, 0.1) is 0 Å². The largest absolute Gasteiger partial charge is 0.463 e. The monoisotopic (exact) mass is 273 g/mol. The van der Waals surface area contributed by atoms with E-state index in [2.05, 4.69) is 15.0 Å². The van der Waals surface area contributed by atoms with Crippen molar-refractivity contribution in [1.29, 1.82) is 0 Å². The molecule has 100 valence electrons. The van der Waals surface area contributed by atoms with Gasteiger partial charge in [-0.05, 0) is 24.3 Å². The lowest BCUT2D eigenvalue weighted by Gasteiger charge is -2.06. The zero-order valence-electron chi connectivity index (χ0n) is 11.1. The highest BCUT2D eigenvalue weighted by Gasteiger charge is 2.13. The van der Waals surface area contributed by atoms with Gasteiger partial charge in [0.1, 0.15) is 11.2 Å². The molecule has 0 fully saturated rings. The summed E-state index contributed by atoms with van der Waals surface area (Å²) in [5.74, 6) is 1.36. The number of nitrogens with zero attached hydrogens (tertiary/aromatic N) is 3. The highest BCUT2D eigenvalue weighted by molar-refractivity contribution is 5.88. The number of hydrogen-bond donors (Lipinski definition) is 0. The van der Waals surface area contributed by atoms with Crippen LogP contribution in [0.3, 0.4) is 0 Å². The first-order valence-corrected chi connectivity index (χ1v) is 6.64. The molecule has 0 N–H and O–H groups in total. The Bertz CT molecular complexity index is 886. The molecule has 0 aliphatic rings. The molecule has 21 heavy (non-hydrogen) atoms. The normalized spacial score (nSPS) is 10.9. The van der Waals surface area contributed by atoms with E-state index < -0.39 is 0 Å². The molecule has 1 aromatic carbocycles. The van der Waals surface area contributed by atoms with Crippen molar-refractivity contribution in [3.8, 4) is 22.8 Å². The van der Waals surface area contributed by atoms with Gasteiger partial charge in [-0.3, -0.25) is 4.98 Å². The molecule has 0 amide bonds. The molecule has 4 aromatic rings. The van der Waals surface area contributed by atoms with Crippen LogP contribution in [0.15, 0.2) is 71.5 Å². The number of rotatable bonds is 2. The highest BCUT2D eigenvalue weighted by atomic mass is 16.3. The van der Waals surface area contributed by atoms with Crippen molar-refractivity contribution >= 4 is 11.0 Å². The SMILES string of the molecule is c1ccc(-c2nc(-c3ccco3)c3ncccc3n2)cc1. The molecule has 0 aliphatic heterocycles. The van der Waals surface area contributed by atoms with Crippen LogP contribution in [0.2, 0.25) is 0 Å². The molecule has 0 radical (unpaired) electrons. The van der Waals surface area contributed by atoms with Crippen molar-refractivity contribution < 1.29 is 4.42 Å². The van der Waals surface area contributed by atoms with Crippen LogP contribution in [0.25, 0.3) is 33.9 Å². The van der Waals surface area contributed by atoms with Crippen LogP contribution in [0.4, 0.5) is 0 Å². The molecule has 4 rings (SSSR count). The summed E-state index contributed by atoms with van der Waals surface area (Å²) in [6.07, 6.45) is 3.37. The number of pyridine rings is 1. The molecule has 3 heterocycles. The van der Waals surface area contributed by atoms with Gasteiger partial charge < -0.3 is 4.42 Å². The maximum Gasteiger partial charge on any atom is 0.160 e. The summed E-state index contributed by atoms with van der Waals surface area (Å²) in [4.78, 5) is 13.6. The van der Waals surface area contributed by atoms with Gasteiger partial charge in [0.05, 0.1) is 11.8 Å². The Kier molecular flexibility index (Phi) is 2.71. The Morgan fingerprint density at radius 3 is 2.52 bits per heavy atom. The second kappa shape index (κ2) is 4.83. The molecule has 0 saturated heterocycles. The zero-order chi connectivity index (χ0) is 14.1. The van der Waals surface area contributed by atoms with Gasteiger partial charge >= 0.3 is 0 Å². The average Bonchev–Trinajstić information content (AvgIpc) is 3.09. The van der Waals surface area contributed by atoms with Crippen molar-refractivity contribution in [2.45, 2.75) is 0 Å². The summed E-state index contributed by atoms with van der Waals surface area (Å²) < 4.78 is 5.49. The lowest BCUT2D eigenvalue weighted by molar-refractivity contribution is 0.580. The quantitative estimate of drug-likeness (QED) is 0.555. The Hall–Kier alpha value is -3.01. The first-order valence-electron chi connectivity index (χ1n) is 6.64. The molecular weight excluding hydrogens is 262 g/mol. The second-order valence-electron chi connectivity index (χ2n) is 4.61. The summed E-state index contributed by atoms with van der Waals surface area (Å²) in [6.45, 7) is 0. The van der Waals surface area contributed by atoms with Gasteiger partial charge in [0.2, 0.25) is 0 Å². The molecule has 0 atom stereocenters. The topological polar surface area (TPSA) is 51.8 Å². The number of fused-ring (bicyclic) bond motifs is 1. The van der Waals surface area contributed by atoms with Crippen molar-refractivity contribution in [2.75, 3.05) is 0 Å². The summed E-state index contributed by atoms with van der Waals surface area (Å²) in [7, 11) is 0. The third kappa shape index (κ3) is 2.07. The molecule has 0 aliphatic carbocycles. The zero-order valence-corrected chi connectivity index (χ0v) is 11.1. The number of aromatic nitrogens is 3. The second-order valence-corrected chi connectivity index (χ2v) is 4.61. The highest BCUT2D eigenvalue weighted by Crippen LogP contribution is 2.27. The fourth-order valence-corrected chi connectivity index (χ4v) is 2.27. The Balaban J connectivity index is 2.03. The summed E-state index contributed by atoms with van der Waals surface area (Å²) in [5.41, 5.74) is 3.23. The van der Waals surface area contributed by atoms with Gasteiger partial charge in [0.25, 0.3) is 0 Å². The van der Waals surface area contributed by atoms with Crippen molar-refractivity contribution in [1.82, 2.24) is 15.0 Å². The van der Waals surface area contributed by atoms with E-state index in [-0.39, 0.29) is 0 Å². The lowest BCUT2D eigenvalue weighted by Crippen LogP contribution is -1.95. The van der Waals surface area contributed by atoms with Crippen LogP contribution in [-0.4, -0.2) is 15.0 Å². The van der Waals surface area contributed by atoms with Crippen LogP contribution in [-0.2, 0) is 0 Å². The van der Waals surface area contributed by atoms with Crippen LogP contribution in [0.5, 0.6) is 0 Å². The third-order valence-electron chi connectivity index (χ3n) is 3.24. The summed E-state index contributed by atoms with van der Waals surface area (Å²) in [6, 6.07) is 17.4. The summed E-state index contributed by atoms with van der Waals surface area (Å²) in [5, 5.41) is 0. The maximum absolute atomic E-state index is 5.49. The molecule has 0 unspecified atom stereocenters. The molecule has 0 saturated carbocycles. The molecule has 0 bridgehead atoms. The smallest absolute Gasteiger partial charge is 0.160 e.